The Bertz CT molecular complexity index is 547. The molecule has 1 amide bonds. The van der Waals surface area contributed by atoms with Crippen LogP contribution in [0.25, 0.3) is 0 Å². The van der Waals surface area contributed by atoms with Gasteiger partial charge in [-0.2, -0.15) is 0 Å². The Balaban J connectivity index is 1.95. The molecule has 1 atom stereocenters. The molecular weight excluding hydrogens is 312 g/mol. The predicted octanol–water partition coefficient (Wildman–Crippen LogP) is 2.64. The molecular formula is C16H26N4O2S. The van der Waals surface area contributed by atoms with Gasteiger partial charge in [-0.1, -0.05) is 0 Å². The van der Waals surface area contributed by atoms with Crippen LogP contribution < -0.4 is 0 Å². The monoisotopic (exact) mass is 338 g/mol. The number of thioether (sulfide) groups is 1. The summed E-state index contributed by atoms with van der Waals surface area (Å²) in [6.45, 7) is 10.7. The van der Waals surface area contributed by atoms with Crippen molar-refractivity contribution in [3.63, 3.8) is 0 Å². The molecule has 0 aliphatic carbocycles. The highest BCUT2D eigenvalue weighted by atomic mass is 32.2. The Morgan fingerprint density at radius 1 is 1.35 bits per heavy atom. The topological polar surface area (TPSA) is 58.6 Å². The van der Waals surface area contributed by atoms with Gasteiger partial charge in [0.1, 0.15) is 10.6 Å². The maximum Gasteiger partial charge on any atom is 0.410 e. The van der Waals surface area contributed by atoms with Gasteiger partial charge in [0.25, 0.3) is 0 Å². The largest absolute Gasteiger partial charge is 0.444 e. The van der Waals surface area contributed by atoms with Crippen LogP contribution in [0.1, 0.15) is 33.4 Å². The zero-order valence-corrected chi connectivity index (χ0v) is 15.4. The molecule has 6 nitrogen and oxygen atoms in total. The van der Waals surface area contributed by atoms with Crippen molar-refractivity contribution >= 4 is 17.9 Å². The van der Waals surface area contributed by atoms with Crippen molar-refractivity contribution in [2.75, 3.05) is 25.9 Å². The van der Waals surface area contributed by atoms with Crippen LogP contribution in [-0.2, 0) is 11.3 Å². The van der Waals surface area contributed by atoms with Crippen molar-refractivity contribution in [1.29, 1.82) is 0 Å². The molecule has 0 radical (unpaired) electrons. The number of hydrogen-bond acceptors (Lipinski definition) is 6. The maximum atomic E-state index is 12.2. The molecule has 0 saturated carbocycles. The normalized spacial score (nSPS) is 19.7. The minimum absolute atomic E-state index is 0.228. The van der Waals surface area contributed by atoms with Crippen LogP contribution in [-0.4, -0.2) is 63.4 Å². The molecule has 1 fully saturated rings. The van der Waals surface area contributed by atoms with Gasteiger partial charge in [-0.3, -0.25) is 9.88 Å². The molecule has 2 rings (SSSR count). The zero-order chi connectivity index (χ0) is 17.0. The molecule has 7 heteroatoms. The summed E-state index contributed by atoms with van der Waals surface area (Å²) in [5.74, 6) is 0. The third-order valence-corrected chi connectivity index (χ3v) is 4.43. The SMILES string of the molecule is CSc1nccnc1CN1CCN(C(=O)OC(C)(C)C)CC1C. The van der Waals surface area contributed by atoms with Gasteiger partial charge in [0.15, 0.2) is 0 Å². The summed E-state index contributed by atoms with van der Waals surface area (Å²) < 4.78 is 5.46. The molecule has 0 N–H and O–H groups in total. The molecule has 0 aromatic carbocycles. The van der Waals surface area contributed by atoms with Crippen molar-refractivity contribution in [2.24, 2.45) is 0 Å². The lowest BCUT2D eigenvalue weighted by atomic mass is 10.2. The summed E-state index contributed by atoms with van der Waals surface area (Å²) in [6, 6.07) is 0.257. The van der Waals surface area contributed by atoms with Crippen molar-refractivity contribution in [3.05, 3.63) is 18.1 Å². The van der Waals surface area contributed by atoms with Crippen LogP contribution in [0.5, 0.6) is 0 Å². The summed E-state index contributed by atoms with van der Waals surface area (Å²) in [5.41, 5.74) is 0.544. The van der Waals surface area contributed by atoms with Crippen molar-refractivity contribution in [3.8, 4) is 0 Å². The lowest BCUT2D eigenvalue weighted by molar-refractivity contribution is 0.00431. The van der Waals surface area contributed by atoms with Crippen LogP contribution in [0, 0.1) is 0 Å². The third kappa shape index (κ3) is 5.07. The molecule has 128 valence electrons. The lowest BCUT2D eigenvalue weighted by Crippen LogP contribution is -2.54. The van der Waals surface area contributed by atoms with E-state index in [1.807, 2.05) is 27.0 Å². The zero-order valence-electron chi connectivity index (χ0n) is 14.6. The number of rotatable bonds is 3. The van der Waals surface area contributed by atoms with Gasteiger partial charge in [0.2, 0.25) is 0 Å². The number of amides is 1. The number of aromatic nitrogens is 2. The van der Waals surface area contributed by atoms with Crippen molar-refractivity contribution < 1.29 is 9.53 Å². The van der Waals surface area contributed by atoms with E-state index in [4.69, 9.17) is 4.74 Å². The summed E-state index contributed by atoms with van der Waals surface area (Å²) >= 11 is 1.61. The number of ether oxygens (including phenoxy) is 1. The van der Waals surface area contributed by atoms with E-state index in [1.165, 1.54) is 0 Å². The highest BCUT2D eigenvalue weighted by Gasteiger charge is 2.30. The van der Waals surface area contributed by atoms with Gasteiger partial charge in [0.05, 0.1) is 5.69 Å². The fraction of sp³-hybridized carbons (Fsp3) is 0.688. The van der Waals surface area contributed by atoms with E-state index in [0.717, 1.165) is 23.8 Å². The van der Waals surface area contributed by atoms with E-state index in [-0.39, 0.29) is 12.1 Å². The van der Waals surface area contributed by atoms with Crippen LogP contribution in [0.3, 0.4) is 0 Å². The molecule has 1 aliphatic heterocycles. The molecule has 0 bridgehead atoms. The molecule has 1 saturated heterocycles. The van der Waals surface area contributed by atoms with Gasteiger partial charge < -0.3 is 9.64 Å². The Labute approximate surface area is 142 Å². The van der Waals surface area contributed by atoms with E-state index < -0.39 is 5.60 Å². The third-order valence-electron chi connectivity index (χ3n) is 3.70. The minimum Gasteiger partial charge on any atom is -0.444 e. The molecule has 1 unspecified atom stereocenters. The molecule has 2 heterocycles. The summed E-state index contributed by atoms with van der Waals surface area (Å²) in [7, 11) is 0. The first-order chi connectivity index (χ1) is 10.8. The Morgan fingerprint density at radius 2 is 2.04 bits per heavy atom. The quantitative estimate of drug-likeness (QED) is 0.790. The number of carbonyl (C=O) groups excluding carboxylic acids is 1. The molecule has 1 aliphatic rings. The highest BCUT2D eigenvalue weighted by Crippen LogP contribution is 2.20. The molecule has 23 heavy (non-hydrogen) atoms. The fourth-order valence-corrected chi connectivity index (χ4v) is 3.07. The smallest absolute Gasteiger partial charge is 0.410 e. The van der Waals surface area contributed by atoms with E-state index >= 15 is 0 Å². The maximum absolute atomic E-state index is 12.2. The Morgan fingerprint density at radius 3 is 2.65 bits per heavy atom. The van der Waals surface area contributed by atoms with E-state index in [0.29, 0.717) is 13.1 Å². The van der Waals surface area contributed by atoms with E-state index in [1.54, 1.807) is 29.1 Å². The number of piperazine rings is 1. The average molecular weight is 338 g/mol. The molecule has 1 aromatic heterocycles. The van der Waals surface area contributed by atoms with Gasteiger partial charge in [-0.15, -0.1) is 11.8 Å². The molecule has 0 spiro atoms. The van der Waals surface area contributed by atoms with Gasteiger partial charge in [0, 0.05) is 44.6 Å². The lowest BCUT2D eigenvalue weighted by Gasteiger charge is -2.40. The first-order valence-electron chi connectivity index (χ1n) is 7.86. The van der Waals surface area contributed by atoms with Gasteiger partial charge >= 0.3 is 6.09 Å². The average Bonchev–Trinajstić information content (AvgIpc) is 2.48. The van der Waals surface area contributed by atoms with Gasteiger partial charge in [-0.05, 0) is 34.0 Å². The van der Waals surface area contributed by atoms with E-state index in [2.05, 4.69) is 21.8 Å². The first kappa shape index (κ1) is 18.0. The first-order valence-corrected chi connectivity index (χ1v) is 9.08. The fourth-order valence-electron chi connectivity index (χ4n) is 2.55. The second kappa shape index (κ2) is 7.49. The Hall–Kier alpha value is -1.34. The molecule has 1 aromatic rings. The van der Waals surface area contributed by atoms with Crippen LogP contribution >= 0.6 is 11.8 Å². The van der Waals surface area contributed by atoms with E-state index in [9.17, 15) is 4.79 Å². The van der Waals surface area contributed by atoms with Gasteiger partial charge in [-0.25, -0.2) is 9.78 Å². The van der Waals surface area contributed by atoms with Crippen molar-refractivity contribution in [1.82, 2.24) is 19.8 Å². The summed E-state index contributed by atoms with van der Waals surface area (Å²) in [4.78, 5) is 25.1. The summed E-state index contributed by atoms with van der Waals surface area (Å²) in [5, 5.41) is 0.967. The van der Waals surface area contributed by atoms with Crippen LogP contribution in [0.4, 0.5) is 4.79 Å². The predicted molar refractivity (Wildman–Crippen MR) is 91.5 cm³/mol. The summed E-state index contributed by atoms with van der Waals surface area (Å²) in [6.07, 6.45) is 5.24. The standard InChI is InChI=1S/C16H26N4O2S/c1-12-10-20(15(21)22-16(2,3)4)9-8-19(12)11-13-14(23-5)18-7-6-17-13/h6-7,12H,8-11H2,1-5H3. The number of carbonyl (C=O) groups is 1. The highest BCUT2D eigenvalue weighted by molar-refractivity contribution is 7.98. The number of nitrogens with zero attached hydrogens (tertiary/aromatic N) is 4. The second-order valence-electron chi connectivity index (χ2n) is 6.76. The van der Waals surface area contributed by atoms with Crippen LogP contribution in [0.15, 0.2) is 17.4 Å². The second-order valence-corrected chi connectivity index (χ2v) is 7.55. The van der Waals surface area contributed by atoms with Crippen molar-refractivity contribution in [2.45, 2.75) is 50.9 Å². The number of hydrogen-bond donors (Lipinski definition) is 0. The van der Waals surface area contributed by atoms with Crippen LogP contribution in [0.2, 0.25) is 0 Å². The minimum atomic E-state index is -0.454. The Kier molecular flexibility index (Phi) is 5.86.